The smallest absolute Gasteiger partial charge is 0.319 e. The summed E-state index contributed by atoms with van der Waals surface area (Å²) >= 11 is 0. The third kappa shape index (κ3) is 4.71. The molecule has 0 spiro atoms. The van der Waals surface area contributed by atoms with Crippen molar-refractivity contribution in [1.29, 1.82) is 0 Å². The minimum atomic E-state index is -0.264. The molecule has 3 amide bonds. The first-order valence-electron chi connectivity index (χ1n) is 8.82. The van der Waals surface area contributed by atoms with Crippen molar-refractivity contribution >= 4 is 41.4 Å². The molecule has 7 heteroatoms. The van der Waals surface area contributed by atoms with Gasteiger partial charge in [0.2, 0.25) is 0 Å². The van der Waals surface area contributed by atoms with E-state index in [1.54, 1.807) is 29.2 Å². The van der Waals surface area contributed by atoms with Crippen LogP contribution in [0.1, 0.15) is 36.2 Å². The van der Waals surface area contributed by atoms with Crippen LogP contribution >= 0.6 is 12.4 Å². The number of nitrogen functional groups attached to an aromatic ring is 1. The number of carbonyl (C=O) groups excluding carboxylic acids is 2. The highest BCUT2D eigenvalue weighted by Crippen LogP contribution is 2.32. The summed E-state index contributed by atoms with van der Waals surface area (Å²) < 4.78 is 0. The Bertz CT molecular complexity index is 821. The van der Waals surface area contributed by atoms with E-state index in [4.69, 9.17) is 5.73 Å². The van der Waals surface area contributed by atoms with E-state index in [9.17, 15) is 9.59 Å². The lowest BCUT2D eigenvalue weighted by Gasteiger charge is -2.30. The molecule has 1 aliphatic rings. The highest BCUT2D eigenvalue weighted by atomic mass is 35.5. The average molecular weight is 389 g/mol. The maximum atomic E-state index is 12.9. The number of rotatable bonds is 3. The molecule has 27 heavy (non-hydrogen) atoms. The Morgan fingerprint density at radius 1 is 1.11 bits per heavy atom. The summed E-state index contributed by atoms with van der Waals surface area (Å²) in [5.74, 6) is -0.0604. The molecule has 4 N–H and O–H groups in total. The quantitative estimate of drug-likeness (QED) is 0.698. The fourth-order valence-electron chi connectivity index (χ4n) is 3.14. The number of urea groups is 1. The highest BCUT2D eigenvalue weighted by Gasteiger charge is 2.24. The minimum absolute atomic E-state index is 0. The molecule has 3 rings (SSSR count). The number of anilines is 3. The summed E-state index contributed by atoms with van der Waals surface area (Å²) in [6, 6.07) is 12.4. The van der Waals surface area contributed by atoms with Crippen LogP contribution in [0.5, 0.6) is 0 Å². The molecule has 1 aliphatic heterocycles. The Labute approximate surface area is 165 Å². The number of nitrogens with one attached hydrogen (secondary N) is 2. The van der Waals surface area contributed by atoms with Gasteiger partial charge in [-0.15, -0.1) is 12.4 Å². The Kier molecular flexibility index (Phi) is 6.69. The van der Waals surface area contributed by atoms with E-state index < -0.39 is 0 Å². The monoisotopic (exact) mass is 388 g/mol. The zero-order valence-corrected chi connectivity index (χ0v) is 16.3. The predicted molar refractivity (Wildman–Crippen MR) is 112 cm³/mol. The van der Waals surface area contributed by atoms with Gasteiger partial charge in [0.1, 0.15) is 0 Å². The molecule has 0 fully saturated rings. The molecule has 144 valence electrons. The van der Waals surface area contributed by atoms with Gasteiger partial charge in [-0.05, 0) is 68.7 Å². The molecule has 0 aliphatic carbocycles. The zero-order valence-electron chi connectivity index (χ0n) is 15.5. The lowest BCUT2D eigenvalue weighted by Crippen LogP contribution is -2.36. The van der Waals surface area contributed by atoms with Crippen LogP contribution in [0.15, 0.2) is 42.5 Å². The number of amides is 3. The normalized spacial score (nSPS) is 12.8. The van der Waals surface area contributed by atoms with Gasteiger partial charge in [-0.3, -0.25) is 4.79 Å². The van der Waals surface area contributed by atoms with Gasteiger partial charge in [-0.2, -0.15) is 0 Å². The Morgan fingerprint density at radius 3 is 2.48 bits per heavy atom. The number of nitrogens with two attached hydrogens (primary N) is 1. The lowest BCUT2D eigenvalue weighted by molar-refractivity contribution is 0.0985. The Hall–Kier alpha value is -2.73. The average Bonchev–Trinajstić information content (AvgIpc) is 2.61. The van der Waals surface area contributed by atoms with Crippen LogP contribution in [0.4, 0.5) is 21.9 Å². The van der Waals surface area contributed by atoms with E-state index in [1.807, 2.05) is 32.0 Å². The number of fused-ring (bicyclic) bond motifs is 1. The second kappa shape index (κ2) is 8.77. The molecule has 0 saturated carbocycles. The lowest BCUT2D eigenvalue weighted by atomic mass is 9.99. The van der Waals surface area contributed by atoms with Crippen LogP contribution in [0.2, 0.25) is 0 Å². The topological polar surface area (TPSA) is 87.5 Å². The third-order valence-corrected chi connectivity index (χ3v) is 4.34. The fraction of sp³-hybridized carbons (Fsp3) is 0.300. The van der Waals surface area contributed by atoms with Gasteiger partial charge in [0.05, 0.1) is 0 Å². The molecule has 0 saturated heterocycles. The molecule has 1 heterocycles. The van der Waals surface area contributed by atoms with Crippen molar-refractivity contribution in [3.63, 3.8) is 0 Å². The van der Waals surface area contributed by atoms with E-state index in [0.717, 1.165) is 29.8 Å². The van der Waals surface area contributed by atoms with Gasteiger partial charge in [-0.25, -0.2) is 4.79 Å². The number of benzene rings is 2. The van der Waals surface area contributed by atoms with E-state index in [-0.39, 0.29) is 30.4 Å². The summed E-state index contributed by atoms with van der Waals surface area (Å²) in [6.45, 7) is 4.46. The molecule has 2 aromatic rings. The Morgan fingerprint density at radius 2 is 1.81 bits per heavy atom. The predicted octanol–water partition coefficient (Wildman–Crippen LogP) is 3.81. The van der Waals surface area contributed by atoms with E-state index >= 15 is 0 Å². The minimum Gasteiger partial charge on any atom is -0.398 e. The summed E-state index contributed by atoms with van der Waals surface area (Å²) in [5, 5.41) is 5.51. The molecule has 0 unspecified atom stereocenters. The molecule has 0 atom stereocenters. The van der Waals surface area contributed by atoms with Gasteiger partial charge in [0.25, 0.3) is 5.91 Å². The Balaban J connectivity index is 0.00000261. The first kappa shape index (κ1) is 20.6. The van der Waals surface area contributed by atoms with E-state index in [0.29, 0.717) is 17.8 Å². The van der Waals surface area contributed by atoms with Crippen molar-refractivity contribution in [2.45, 2.75) is 32.7 Å². The molecular formula is C20H25ClN4O2. The number of nitrogens with zero attached hydrogens (tertiary/aromatic N) is 1. The van der Waals surface area contributed by atoms with Crippen LogP contribution in [-0.2, 0) is 6.42 Å². The van der Waals surface area contributed by atoms with Crippen LogP contribution in [0, 0.1) is 0 Å². The molecular weight excluding hydrogens is 364 g/mol. The van der Waals surface area contributed by atoms with Gasteiger partial charge in [0, 0.05) is 35.2 Å². The summed E-state index contributed by atoms with van der Waals surface area (Å²) in [5.41, 5.74) is 9.94. The van der Waals surface area contributed by atoms with Crippen LogP contribution in [-0.4, -0.2) is 24.5 Å². The zero-order chi connectivity index (χ0) is 18.7. The molecule has 0 radical (unpaired) electrons. The highest BCUT2D eigenvalue weighted by molar-refractivity contribution is 6.07. The van der Waals surface area contributed by atoms with Gasteiger partial charge < -0.3 is 21.3 Å². The van der Waals surface area contributed by atoms with Crippen LogP contribution < -0.4 is 21.3 Å². The molecule has 2 aromatic carbocycles. The molecule has 6 nitrogen and oxygen atoms in total. The van der Waals surface area contributed by atoms with Crippen molar-refractivity contribution in [1.82, 2.24) is 5.32 Å². The summed E-state index contributed by atoms with van der Waals surface area (Å²) in [6.07, 6.45) is 1.78. The van der Waals surface area contributed by atoms with Crippen molar-refractivity contribution in [3.05, 3.63) is 53.6 Å². The number of hydrogen-bond donors (Lipinski definition) is 3. The summed E-state index contributed by atoms with van der Waals surface area (Å²) in [7, 11) is 0. The summed E-state index contributed by atoms with van der Waals surface area (Å²) in [4.78, 5) is 26.5. The van der Waals surface area contributed by atoms with Gasteiger partial charge in [0.15, 0.2) is 0 Å². The largest absolute Gasteiger partial charge is 0.398 e. The fourth-order valence-corrected chi connectivity index (χ4v) is 3.14. The van der Waals surface area contributed by atoms with Gasteiger partial charge >= 0.3 is 6.03 Å². The third-order valence-electron chi connectivity index (χ3n) is 4.34. The van der Waals surface area contributed by atoms with Crippen LogP contribution in [0.3, 0.4) is 0 Å². The van der Waals surface area contributed by atoms with Crippen molar-refractivity contribution in [2.24, 2.45) is 0 Å². The molecule has 0 aromatic heterocycles. The maximum absolute atomic E-state index is 12.9. The van der Waals surface area contributed by atoms with Crippen LogP contribution in [0.25, 0.3) is 0 Å². The van der Waals surface area contributed by atoms with E-state index in [2.05, 4.69) is 10.6 Å². The maximum Gasteiger partial charge on any atom is 0.319 e. The number of hydrogen-bond acceptors (Lipinski definition) is 3. The SMILES string of the molecule is CC(C)NC(=O)Nc1ccc(C(=O)N2CCCc3c(N)cccc32)cc1.Cl. The standard InChI is InChI=1S/C20H24N4O2.ClH/c1-13(2)22-20(26)23-15-10-8-14(9-11-15)19(25)24-12-4-5-16-17(21)6-3-7-18(16)24;/h3,6-11,13H,4-5,12,21H2,1-2H3,(H2,22,23,26);1H. The van der Waals surface area contributed by atoms with Crippen molar-refractivity contribution in [2.75, 3.05) is 22.5 Å². The molecule has 0 bridgehead atoms. The second-order valence-corrected chi connectivity index (χ2v) is 6.74. The van der Waals surface area contributed by atoms with Crippen molar-refractivity contribution in [3.8, 4) is 0 Å². The first-order chi connectivity index (χ1) is 12.5. The van der Waals surface area contributed by atoms with Crippen molar-refractivity contribution < 1.29 is 9.59 Å². The van der Waals surface area contributed by atoms with E-state index in [1.165, 1.54) is 0 Å². The van der Waals surface area contributed by atoms with Gasteiger partial charge in [-0.1, -0.05) is 6.07 Å². The number of halogens is 1. The first-order valence-corrected chi connectivity index (χ1v) is 8.82. The number of carbonyl (C=O) groups is 2. The second-order valence-electron chi connectivity index (χ2n) is 6.74.